The van der Waals surface area contributed by atoms with Crippen LogP contribution in [0.5, 0.6) is 5.75 Å². The van der Waals surface area contributed by atoms with Crippen LogP contribution in [0.25, 0.3) is 0 Å². The predicted molar refractivity (Wildman–Crippen MR) is 137 cm³/mol. The summed E-state index contributed by atoms with van der Waals surface area (Å²) in [7, 11) is 0. The predicted octanol–water partition coefficient (Wildman–Crippen LogP) is 5.82. The van der Waals surface area contributed by atoms with Gasteiger partial charge in [-0.15, -0.1) is 0 Å². The molecule has 2 aromatic carbocycles. The maximum absolute atomic E-state index is 13.0. The topological polar surface area (TPSA) is 84.5 Å². The van der Waals surface area contributed by atoms with Gasteiger partial charge in [0.2, 0.25) is 0 Å². The van der Waals surface area contributed by atoms with Crippen molar-refractivity contribution in [3.05, 3.63) is 80.1 Å². The Kier molecular flexibility index (Phi) is 6.80. The van der Waals surface area contributed by atoms with Gasteiger partial charge in [0.05, 0.1) is 4.47 Å². The summed E-state index contributed by atoms with van der Waals surface area (Å²) < 4.78 is 6.39. The molecule has 2 aromatic rings. The van der Waals surface area contributed by atoms with Gasteiger partial charge in [0.15, 0.2) is 18.2 Å². The summed E-state index contributed by atoms with van der Waals surface area (Å²) in [6.45, 7) is -0.171. The van der Waals surface area contributed by atoms with E-state index in [-0.39, 0.29) is 30.0 Å². The molecule has 0 saturated carbocycles. The van der Waals surface area contributed by atoms with E-state index in [1.54, 1.807) is 30.3 Å². The molecule has 2 N–H and O–H groups in total. The lowest BCUT2D eigenvalue weighted by Gasteiger charge is -2.37. The molecular formula is C27H24BrClN2O4. The van der Waals surface area contributed by atoms with Gasteiger partial charge in [-0.25, -0.2) is 0 Å². The van der Waals surface area contributed by atoms with Crippen LogP contribution in [-0.4, -0.2) is 24.1 Å². The van der Waals surface area contributed by atoms with Gasteiger partial charge in [-0.05, 0) is 83.6 Å². The fourth-order valence-corrected chi connectivity index (χ4v) is 5.64. The van der Waals surface area contributed by atoms with E-state index in [1.807, 2.05) is 12.1 Å². The van der Waals surface area contributed by atoms with Crippen LogP contribution in [0.1, 0.15) is 50.0 Å². The molecule has 3 aliphatic rings. The van der Waals surface area contributed by atoms with Crippen molar-refractivity contribution < 1.29 is 19.1 Å². The summed E-state index contributed by atoms with van der Waals surface area (Å²) in [5.41, 5.74) is 4.83. The fraction of sp³-hybridized carbons (Fsp3) is 0.296. The highest BCUT2D eigenvalue weighted by Crippen LogP contribution is 2.46. The monoisotopic (exact) mass is 554 g/mol. The van der Waals surface area contributed by atoms with Crippen LogP contribution in [0.3, 0.4) is 0 Å². The minimum atomic E-state index is -0.375. The molecule has 35 heavy (non-hydrogen) atoms. The standard InChI is InChI=1S/C27H24BrClN2O4/c28-18-13-15(7-12-23(18)35-14-24(34)30-17-10-8-16(29)9-11-17)25-26-19(3-1-5-21(26)32)31-20-4-2-6-22(33)27(20)25/h7-13,25,31H,1-6,14H2,(H,30,34). The molecule has 6 nitrogen and oxygen atoms in total. The first kappa shape index (κ1) is 23.8. The number of ether oxygens (including phenoxy) is 1. The average Bonchev–Trinajstić information content (AvgIpc) is 2.84. The van der Waals surface area contributed by atoms with Crippen LogP contribution < -0.4 is 15.4 Å². The van der Waals surface area contributed by atoms with Crippen LogP contribution in [-0.2, 0) is 14.4 Å². The number of amides is 1. The van der Waals surface area contributed by atoms with Gasteiger partial charge < -0.3 is 15.4 Å². The molecule has 5 rings (SSSR count). The first-order valence-corrected chi connectivity index (χ1v) is 12.8. The molecule has 8 heteroatoms. The van der Waals surface area contributed by atoms with Crippen LogP contribution in [0.2, 0.25) is 5.02 Å². The number of anilines is 1. The van der Waals surface area contributed by atoms with Gasteiger partial charge in [0.1, 0.15) is 5.75 Å². The second kappa shape index (κ2) is 9.99. The Morgan fingerprint density at radius 3 is 2.20 bits per heavy atom. The third kappa shape index (κ3) is 4.93. The molecule has 1 amide bonds. The van der Waals surface area contributed by atoms with Gasteiger partial charge in [-0.1, -0.05) is 17.7 Å². The first-order valence-electron chi connectivity index (χ1n) is 11.7. The van der Waals surface area contributed by atoms with Gasteiger partial charge in [-0.3, -0.25) is 14.4 Å². The lowest BCUT2D eigenvalue weighted by atomic mass is 9.71. The molecule has 0 radical (unpaired) electrons. The minimum Gasteiger partial charge on any atom is -0.483 e. The lowest BCUT2D eigenvalue weighted by Crippen LogP contribution is -2.36. The van der Waals surface area contributed by atoms with Crippen LogP contribution >= 0.6 is 27.5 Å². The number of ketones is 2. The molecule has 2 aliphatic carbocycles. The molecule has 0 unspecified atom stereocenters. The number of allylic oxidation sites excluding steroid dienone is 4. The largest absolute Gasteiger partial charge is 0.483 e. The summed E-state index contributed by atoms with van der Waals surface area (Å²) >= 11 is 9.43. The molecule has 0 spiro atoms. The van der Waals surface area contributed by atoms with E-state index in [0.29, 0.717) is 44.9 Å². The van der Waals surface area contributed by atoms with Crippen molar-refractivity contribution in [2.45, 2.75) is 44.4 Å². The van der Waals surface area contributed by atoms with Crippen molar-refractivity contribution in [3.8, 4) is 5.75 Å². The number of hydrogen-bond donors (Lipinski definition) is 2. The summed E-state index contributed by atoms with van der Waals surface area (Å²) in [4.78, 5) is 38.2. The number of halogens is 2. The second-order valence-corrected chi connectivity index (χ2v) is 10.2. The van der Waals surface area contributed by atoms with E-state index < -0.39 is 0 Å². The zero-order valence-corrected chi connectivity index (χ0v) is 21.3. The van der Waals surface area contributed by atoms with Crippen molar-refractivity contribution >= 4 is 50.7 Å². The molecule has 0 bridgehead atoms. The van der Waals surface area contributed by atoms with E-state index in [1.165, 1.54) is 0 Å². The average molecular weight is 556 g/mol. The minimum absolute atomic E-state index is 0.101. The van der Waals surface area contributed by atoms with E-state index in [0.717, 1.165) is 42.6 Å². The number of hydrogen-bond acceptors (Lipinski definition) is 5. The van der Waals surface area contributed by atoms with E-state index in [9.17, 15) is 14.4 Å². The van der Waals surface area contributed by atoms with E-state index in [4.69, 9.17) is 16.3 Å². The molecule has 0 fully saturated rings. The lowest BCUT2D eigenvalue weighted by molar-refractivity contribution is -0.118. The molecule has 1 heterocycles. The Bertz CT molecular complexity index is 1240. The molecular weight excluding hydrogens is 532 g/mol. The summed E-state index contributed by atoms with van der Waals surface area (Å²) in [6, 6.07) is 12.4. The number of carbonyl (C=O) groups excluding carboxylic acids is 3. The van der Waals surface area contributed by atoms with Crippen molar-refractivity contribution in [2.24, 2.45) is 0 Å². The van der Waals surface area contributed by atoms with Crippen molar-refractivity contribution in [1.82, 2.24) is 5.32 Å². The highest BCUT2D eigenvalue weighted by Gasteiger charge is 2.40. The van der Waals surface area contributed by atoms with Crippen LogP contribution in [0.4, 0.5) is 5.69 Å². The van der Waals surface area contributed by atoms with Crippen molar-refractivity contribution in [2.75, 3.05) is 11.9 Å². The molecule has 1 aliphatic heterocycles. The number of nitrogens with one attached hydrogen (secondary N) is 2. The Labute approximate surface area is 216 Å². The molecule has 0 aromatic heterocycles. The number of rotatable bonds is 5. The number of dihydropyridines is 1. The van der Waals surface area contributed by atoms with Gasteiger partial charge in [-0.2, -0.15) is 0 Å². The normalized spacial score (nSPS) is 18.1. The summed E-state index contributed by atoms with van der Waals surface area (Å²) in [5.74, 6) is 0.0301. The molecule has 0 saturated heterocycles. The Hall–Kier alpha value is -2.90. The van der Waals surface area contributed by atoms with Crippen molar-refractivity contribution in [3.63, 3.8) is 0 Å². The number of benzene rings is 2. The Morgan fingerprint density at radius 2 is 1.60 bits per heavy atom. The SMILES string of the molecule is O=C(COc1ccc(C2C3=C(CCCC3=O)NC3=C2C(=O)CCC3)cc1Br)Nc1ccc(Cl)cc1. The van der Waals surface area contributed by atoms with Gasteiger partial charge >= 0.3 is 0 Å². The van der Waals surface area contributed by atoms with Gasteiger partial charge in [0.25, 0.3) is 5.91 Å². The summed E-state index contributed by atoms with van der Waals surface area (Å²) in [6.07, 6.45) is 4.27. The third-order valence-electron chi connectivity index (χ3n) is 6.57. The zero-order valence-electron chi connectivity index (χ0n) is 19.0. The number of Topliss-reactive ketones (excluding diaryl/α,β-unsaturated/α-hetero) is 2. The molecule has 180 valence electrons. The fourth-order valence-electron chi connectivity index (χ4n) is 5.00. The van der Waals surface area contributed by atoms with E-state index >= 15 is 0 Å². The van der Waals surface area contributed by atoms with E-state index in [2.05, 4.69) is 26.6 Å². The smallest absolute Gasteiger partial charge is 0.262 e. The van der Waals surface area contributed by atoms with Crippen molar-refractivity contribution in [1.29, 1.82) is 0 Å². The van der Waals surface area contributed by atoms with Gasteiger partial charge in [0, 0.05) is 52.0 Å². The number of carbonyl (C=O) groups is 3. The zero-order chi connectivity index (χ0) is 24.5. The van der Waals surface area contributed by atoms with Crippen LogP contribution in [0, 0.1) is 0 Å². The van der Waals surface area contributed by atoms with Crippen LogP contribution in [0.15, 0.2) is 69.5 Å². The quantitative estimate of drug-likeness (QED) is 0.486. The molecule has 0 atom stereocenters. The Balaban J connectivity index is 1.37. The third-order valence-corrected chi connectivity index (χ3v) is 7.44. The second-order valence-electron chi connectivity index (χ2n) is 8.93. The maximum Gasteiger partial charge on any atom is 0.262 e. The Morgan fingerprint density at radius 1 is 0.971 bits per heavy atom. The highest BCUT2D eigenvalue weighted by molar-refractivity contribution is 9.10. The summed E-state index contributed by atoms with van der Waals surface area (Å²) in [5, 5.41) is 6.78. The first-order chi connectivity index (χ1) is 16.9. The highest BCUT2D eigenvalue weighted by atomic mass is 79.9. The maximum atomic E-state index is 13.0.